The molecule has 0 N–H and O–H groups in total. The molecule has 2 atom stereocenters. The van der Waals surface area contributed by atoms with Gasteiger partial charge in [-0.25, -0.2) is 9.97 Å². The minimum Gasteiger partial charge on any atom is -0.455 e. The first-order valence-electron chi connectivity index (χ1n) is 19.8. The molecule has 0 bridgehead atoms. The Morgan fingerprint density at radius 2 is 1.09 bits per heavy atom. The van der Waals surface area contributed by atoms with Crippen molar-refractivity contribution in [3.05, 3.63) is 228 Å². The number of hydrogen-bond donors (Lipinski definition) is 0. The molecule has 0 radical (unpaired) electrons. The Morgan fingerprint density at radius 1 is 0.414 bits per heavy atom. The second-order valence-electron chi connectivity index (χ2n) is 15.2. The van der Waals surface area contributed by atoms with Crippen LogP contribution in [0.5, 0.6) is 0 Å². The third-order valence-corrected chi connectivity index (χ3v) is 13.1. The van der Waals surface area contributed by atoms with Crippen LogP contribution >= 0.6 is 11.8 Å². The molecule has 10 aromatic rings. The quantitative estimate of drug-likeness (QED) is 0.175. The molecule has 4 heteroatoms. The molecule has 0 saturated carbocycles. The van der Waals surface area contributed by atoms with Crippen molar-refractivity contribution in [1.29, 1.82) is 0 Å². The maximum atomic E-state index is 6.83. The highest BCUT2D eigenvalue weighted by Crippen LogP contribution is 2.58. The van der Waals surface area contributed by atoms with Crippen LogP contribution < -0.4 is 0 Å². The number of para-hydroxylation sites is 1. The van der Waals surface area contributed by atoms with Gasteiger partial charge in [0.25, 0.3) is 0 Å². The van der Waals surface area contributed by atoms with Crippen LogP contribution in [0.3, 0.4) is 0 Å². The van der Waals surface area contributed by atoms with E-state index in [-0.39, 0.29) is 11.8 Å². The molecule has 3 nitrogen and oxygen atoms in total. The molecular weight excluding hydrogens is 725 g/mol. The molecule has 2 unspecified atom stereocenters. The van der Waals surface area contributed by atoms with Gasteiger partial charge in [-0.2, -0.15) is 0 Å². The van der Waals surface area contributed by atoms with Crippen molar-refractivity contribution in [2.75, 3.05) is 0 Å². The van der Waals surface area contributed by atoms with Gasteiger partial charge in [-0.1, -0.05) is 169 Å². The number of benzene rings is 8. The summed E-state index contributed by atoms with van der Waals surface area (Å²) in [6.45, 7) is 0. The fraction of sp³-hybridized carbons (Fsp3) is 0.0370. The predicted octanol–water partition coefficient (Wildman–Crippen LogP) is 14.2. The first-order chi connectivity index (χ1) is 28.8. The summed E-state index contributed by atoms with van der Waals surface area (Å²) in [4.78, 5) is 12.9. The second-order valence-corrected chi connectivity index (χ2v) is 16.3. The molecule has 58 heavy (non-hydrogen) atoms. The summed E-state index contributed by atoms with van der Waals surface area (Å²) in [6.07, 6.45) is 0. The zero-order valence-electron chi connectivity index (χ0n) is 31.3. The molecule has 2 aromatic heterocycles. The number of furan rings is 1. The van der Waals surface area contributed by atoms with Gasteiger partial charge >= 0.3 is 0 Å². The molecule has 1 aliphatic carbocycles. The molecule has 3 heterocycles. The predicted molar refractivity (Wildman–Crippen MR) is 236 cm³/mol. The third kappa shape index (κ3) is 5.22. The molecule has 272 valence electrons. The van der Waals surface area contributed by atoms with Gasteiger partial charge in [-0.15, -0.1) is 0 Å². The van der Waals surface area contributed by atoms with Gasteiger partial charge in [0.2, 0.25) is 0 Å². The Kier molecular flexibility index (Phi) is 7.60. The van der Waals surface area contributed by atoms with Crippen LogP contribution in [0.15, 0.2) is 208 Å². The Labute approximate surface area is 340 Å². The summed E-state index contributed by atoms with van der Waals surface area (Å²) in [5.41, 5.74) is 17.1. The smallest absolute Gasteiger partial charge is 0.160 e. The van der Waals surface area contributed by atoms with Crippen molar-refractivity contribution in [2.45, 2.75) is 21.6 Å². The van der Waals surface area contributed by atoms with Gasteiger partial charge in [0.05, 0.1) is 11.4 Å². The van der Waals surface area contributed by atoms with Crippen molar-refractivity contribution in [2.24, 2.45) is 0 Å². The largest absolute Gasteiger partial charge is 0.455 e. The highest BCUT2D eigenvalue weighted by molar-refractivity contribution is 7.99. The second kappa shape index (κ2) is 13.3. The van der Waals surface area contributed by atoms with Crippen LogP contribution in [0.2, 0.25) is 0 Å². The van der Waals surface area contributed by atoms with Gasteiger partial charge in [0.1, 0.15) is 11.2 Å². The van der Waals surface area contributed by atoms with Crippen molar-refractivity contribution in [3.8, 4) is 45.0 Å². The minimum atomic E-state index is 0.0551. The normalized spacial score (nSPS) is 15.2. The number of fused-ring (bicyclic) bond motifs is 9. The van der Waals surface area contributed by atoms with Gasteiger partial charge in [-0.3, -0.25) is 0 Å². The standard InChI is InChI=1S/C54H34N2OS/c1-4-15-33(16-5-1)44-32-45(56-54(55-44)35-19-8-3-9-20-35)41-25-14-24-40-43-31-36(27-29-46(43)57-53(40)41)50-38-22-11-10-21-37(38)39-28-30-48-52(51(39)50)49(34-17-6-2-7-18-34)42-23-12-13-26-47(42)58-48/h1-32,49-50H. The number of nitrogens with zero attached hydrogens (tertiary/aromatic N) is 2. The summed E-state index contributed by atoms with van der Waals surface area (Å²) in [6, 6.07) is 69.6. The average Bonchev–Trinajstić information content (AvgIpc) is 3.84. The van der Waals surface area contributed by atoms with Crippen LogP contribution in [0.1, 0.15) is 45.2 Å². The van der Waals surface area contributed by atoms with Gasteiger partial charge in [-0.05, 0) is 80.9 Å². The lowest BCUT2D eigenvalue weighted by molar-refractivity contribution is 0.669. The Morgan fingerprint density at radius 3 is 1.91 bits per heavy atom. The number of hydrogen-bond acceptors (Lipinski definition) is 4. The lowest BCUT2D eigenvalue weighted by Gasteiger charge is -2.32. The van der Waals surface area contributed by atoms with Crippen LogP contribution in [0.25, 0.3) is 67.0 Å². The maximum Gasteiger partial charge on any atom is 0.160 e. The molecule has 8 aromatic carbocycles. The Hall–Kier alpha value is -7.01. The fourth-order valence-corrected chi connectivity index (χ4v) is 10.5. The van der Waals surface area contributed by atoms with E-state index >= 15 is 0 Å². The van der Waals surface area contributed by atoms with Crippen molar-refractivity contribution in [1.82, 2.24) is 9.97 Å². The van der Waals surface area contributed by atoms with E-state index in [1.54, 1.807) is 0 Å². The first-order valence-corrected chi connectivity index (χ1v) is 20.6. The lowest BCUT2D eigenvalue weighted by atomic mass is 9.77. The van der Waals surface area contributed by atoms with Crippen LogP contribution in [-0.4, -0.2) is 9.97 Å². The first kappa shape index (κ1) is 33.2. The van der Waals surface area contributed by atoms with E-state index in [2.05, 4.69) is 158 Å². The molecule has 12 rings (SSSR count). The van der Waals surface area contributed by atoms with E-state index in [4.69, 9.17) is 14.4 Å². The minimum absolute atomic E-state index is 0.0551. The monoisotopic (exact) mass is 758 g/mol. The average molecular weight is 759 g/mol. The fourth-order valence-electron chi connectivity index (χ4n) is 9.38. The topological polar surface area (TPSA) is 38.9 Å². The molecule has 2 aliphatic rings. The summed E-state index contributed by atoms with van der Waals surface area (Å²) in [7, 11) is 0. The molecule has 0 amide bonds. The third-order valence-electron chi connectivity index (χ3n) is 11.9. The van der Waals surface area contributed by atoms with E-state index in [0.29, 0.717) is 5.82 Å². The van der Waals surface area contributed by atoms with Crippen molar-refractivity contribution < 1.29 is 4.42 Å². The van der Waals surface area contributed by atoms with Gasteiger partial charge in [0, 0.05) is 49.1 Å². The van der Waals surface area contributed by atoms with E-state index in [1.807, 2.05) is 48.2 Å². The number of aromatic nitrogens is 2. The molecule has 0 spiro atoms. The summed E-state index contributed by atoms with van der Waals surface area (Å²) >= 11 is 1.90. The van der Waals surface area contributed by atoms with E-state index in [0.717, 1.165) is 50.0 Å². The lowest BCUT2D eigenvalue weighted by Crippen LogP contribution is -2.14. The molecular formula is C54H34N2OS. The molecule has 1 aliphatic heterocycles. The van der Waals surface area contributed by atoms with Crippen LogP contribution in [0, 0.1) is 0 Å². The number of rotatable bonds is 5. The Bertz CT molecular complexity index is 3150. The van der Waals surface area contributed by atoms with E-state index < -0.39 is 0 Å². The zero-order valence-corrected chi connectivity index (χ0v) is 32.2. The highest BCUT2D eigenvalue weighted by Gasteiger charge is 2.38. The summed E-state index contributed by atoms with van der Waals surface area (Å²) < 4.78 is 6.83. The van der Waals surface area contributed by atoms with E-state index in [9.17, 15) is 0 Å². The Balaban J connectivity index is 1.05. The van der Waals surface area contributed by atoms with E-state index in [1.165, 1.54) is 54.3 Å². The van der Waals surface area contributed by atoms with Crippen molar-refractivity contribution in [3.63, 3.8) is 0 Å². The van der Waals surface area contributed by atoms with Crippen LogP contribution in [0.4, 0.5) is 0 Å². The zero-order chi connectivity index (χ0) is 38.2. The van der Waals surface area contributed by atoms with Gasteiger partial charge < -0.3 is 4.42 Å². The molecule has 0 fully saturated rings. The highest BCUT2D eigenvalue weighted by atomic mass is 32.2. The SMILES string of the molecule is c1ccc(-c2cc(-c3cccc4c3oc3ccc(C5c6ccccc6-c6ccc7c(c65)C(c5ccccc5)c5ccccc5S7)cc34)nc(-c3ccccc3)n2)cc1. The maximum absolute atomic E-state index is 6.83. The summed E-state index contributed by atoms with van der Waals surface area (Å²) in [5.74, 6) is 0.860. The summed E-state index contributed by atoms with van der Waals surface area (Å²) in [5, 5.41) is 2.17. The molecule has 0 saturated heterocycles. The van der Waals surface area contributed by atoms with Gasteiger partial charge in [0.15, 0.2) is 5.82 Å². The van der Waals surface area contributed by atoms with Crippen molar-refractivity contribution >= 4 is 33.7 Å². The van der Waals surface area contributed by atoms with Crippen LogP contribution in [-0.2, 0) is 0 Å².